The first-order valence-corrected chi connectivity index (χ1v) is 11.4. The van der Waals surface area contributed by atoms with Gasteiger partial charge in [-0.25, -0.2) is 9.78 Å². The minimum absolute atomic E-state index is 0.164. The maximum atomic E-state index is 12.7. The molecule has 4 aromatic rings. The number of nitrogens with zero attached hydrogens (tertiary/aromatic N) is 3. The van der Waals surface area contributed by atoms with Crippen LogP contribution >= 0.6 is 11.3 Å². The normalized spacial score (nSPS) is 10.9. The van der Waals surface area contributed by atoms with Crippen LogP contribution in [0.5, 0.6) is 5.75 Å². The van der Waals surface area contributed by atoms with Gasteiger partial charge in [-0.3, -0.25) is 9.59 Å². The minimum atomic E-state index is -0.658. The highest BCUT2D eigenvalue weighted by molar-refractivity contribution is 7.16. The SMILES string of the molecule is CC(C)c1nn2c(=O)cc(COC(=O)c3ccccc3NC(=O)COc3ccccc3)nc2s1. The molecule has 10 heteroatoms. The third-order valence-corrected chi connectivity index (χ3v) is 5.90. The van der Waals surface area contributed by atoms with Crippen LogP contribution in [-0.2, 0) is 16.1 Å². The molecule has 0 radical (unpaired) electrons. The Balaban J connectivity index is 1.42. The summed E-state index contributed by atoms with van der Waals surface area (Å²) in [6.45, 7) is 3.55. The lowest BCUT2D eigenvalue weighted by Crippen LogP contribution is -2.22. The summed E-state index contributed by atoms with van der Waals surface area (Å²) >= 11 is 1.32. The van der Waals surface area contributed by atoms with Crippen molar-refractivity contribution in [3.8, 4) is 5.75 Å². The third-order valence-electron chi connectivity index (χ3n) is 4.69. The molecule has 9 nitrogen and oxygen atoms in total. The van der Waals surface area contributed by atoms with E-state index >= 15 is 0 Å². The number of hydrogen-bond acceptors (Lipinski definition) is 8. The molecule has 1 N–H and O–H groups in total. The Morgan fingerprint density at radius 3 is 2.59 bits per heavy atom. The average molecular weight is 479 g/mol. The molecule has 0 bridgehead atoms. The number of anilines is 1. The fourth-order valence-corrected chi connectivity index (χ4v) is 3.94. The number of amides is 1. The fourth-order valence-electron chi connectivity index (χ4n) is 3.02. The van der Waals surface area contributed by atoms with E-state index < -0.39 is 11.9 Å². The lowest BCUT2D eigenvalue weighted by molar-refractivity contribution is -0.118. The van der Waals surface area contributed by atoms with Crippen LogP contribution in [-0.4, -0.2) is 33.1 Å². The molecule has 0 unspecified atom stereocenters. The number of fused-ring (bicyclic) bond motifs is 1. The summed E-state index contributed by atoms with van der Waals surface area (Å²) in [5, 5.41) is 7.73. The lowest BCUT2D eigenvalue weighted by Gasteiger charge is -2.11. The van der Waals surface area contributed by atoms with Crippen LogP contribution in [0.15, 0.2) is 65.5 Å². The second kappa shape index (κ2) is 10.3. The van der Waals surface area contributed by atoms with E-state index in [0.717, 1.165) is 5.01 Å². The molecule has 0 fully saturated rings. The number of carbonyl (C=O) groups is 2. The predicted octanol–water partition coefficient (Wildman–Crippen LogP) is 3.65. The predicted molar refractivity (Wildman–Crippen MR) is 127 cm³/mol. The van der Waals surface area contributed by atoms with Crippen LogP contribution in [0.1, 0.15) is 40.8 Å². The zero-order valence-electron chi connectivity index (χ0n) is 18.6. The summed E-state index contributed by atoms with van der Waals surface area (Å²) in [7, 11) is 0. The molecule has 174 valence electrons. The van der Waals surface area contributed by atoms with E-state index in [2.05, 4.69) is 15.4 Å². The Labute approximate surface area is 199 Å². The van der Waals surface area contributed by atoms with E-state index in [-0.39, 0.29) is 30.3 Å². The van der Waals surface area contributed by atoms with E-state index in [4.69, 9.17) is 9.47 Å². The standard InChI is InChI=1S/C24H22N4O5S/c1-15(2)22-27-28-21(30)12-16(25-24(28)34-22)13-33-23(31)18-10-6-7-11-19(18)26-20(29)14-32-17-8-4-3-5-9-17/h3-12,15H,13-14H2,1-2H3,(H,26,29). The summed E-state index contributed by atoms with van der Waals surface area (Å²) in [4.78, 5) is 42.2. The number of ether oxygens (including phenoxy) is 2. The number of aromatic nitrogens is 3. The number of carbonyl (C=O) groups excluding carboxylic acids is 2. The van der Waals surface area contributed by atoms with Gasteiger partial charge in [0.2, 0.25) is 4.96 Å². The van der Waals surface area contributed by atoms with Gasteiger partial charge >= 0.3 is 5.97 Å². The van der Waals surface area contributed by atoms with E-state index in [9.17, 15) is 14.4 Å². The summed E-state index contributed by atoms with van der Waals surface area (Å²) in [5.41, 5.74) is 0.440. The molecule has 0 atom stereocenters. The van der Waals surface area contributed by atoms with Crippen molar-refractivity contribution in [3.63, 3.8) is 0 Å². The fraction of sp³-hybridized carbons (Fsp3) is 0.208. The average Bonchev–Trinajstić information content (AvgIpc) is 3.28. The Kier molecular flexibility index (Phi) is 6.98. The molecule has 4 rings (SSSR count). The van der Waals surface area contributed by atoms with E-state index in [0.29, 0.717) is 22.1 Å². The number of para-hydroxylation sites is 2. The first-order chi connectivity index (χ1) is 16.4. The number of benzene rings is 2. The van der Waals surface area contributed by atoms with Crippen molar-refractivity contribution >= 4 is 33.9 Å². The van der Waals surface area contributed by atoms with Crippen molar-refractivity contribution in [1.82, 2.24) is 14.6 Å². The van der Waals surface area contributed by atoms with Gasteiger partial charge in [0.1, 0.15) is 17.4 Å². The highest BCUT2D eigenvalue weighted by Crippen LogP contribution is 2.21. The number of nitrogens with one attached hydrogen (secondary N) is 1. The van der Waals surface area contributed by atoms with Crippen LogP contribution in [0.4, 0.5) is 5.69 Å². The quantitative estimate of drug-likeness (QED) is 0.385. The summed E-state index contributed by atoms with van der Waals surface area (Å²) in [6, 6.07) is 16.7. The molecule has 0 aliphatic heterocycles. The third kappa shape index (κ3) is 5.46. The highest BCUT2D eigenvalue weighted by atomic mass is 32.1. The zero-order chi connectivity index (χ0) is 24.1. The molecule has 2 heterocycles. The van der Waals surface area contributed by atoms with E-state index in [1.807, 2.05) is 19.9 Å². The van der Waals surface area contributed by atoms with Gasteiger partial charge in [-0.15, -0.1) is 0 Å². The van der Waals surface area contributed by atoms with Crippen molar-refractivity contribution in [2.24, 2.45) is 0 Å². The van der Waals surface area contributed by atoms with Gasteiger partial charge in [-0.1, -0.05) is 55.5 Å². The van der Waals surface area contributed by atoms with Gasteiger partial charge in [-0.2, -0.15) is 9.61 Å². The maximum Gasteiger partial charge on any atom is 0.340 e. The maximum absolute atomic E-state index is 12.7. The van der Waals surface area contributed by atoms with Crippen LogP contribution in [0.2, 0.25) is 0 Å². The highest BCUT2D eigenvalue weighted by Gasteiger charge is 2.17. The van der Waals surface area contributed by atoms with Crippen LogP contribution in [0.25, 0.3) is 4.96 Å². The molecular formula is C24H22N4O5S. The number of esters is 1. The summed E-state index contributed by atoms with van der Waals surface area (Å²) in [6.07, 6.45) is 0. The minimum Gasteiger partial charge on any atom is -0.484 e. The molecule has 1 amide bonds. The number of hydrogen-bond donors (Lipinski definition) is 1. The second-order valence-electron chi connectivity index (χ2n) is 7.65. The molecule has 0 aliphatic rings. The first-order valence-electron chi connectivity index (χ1n) is 10.5. The molecular weight excluding hydrogens is 456 g/mol. The van der Waals surface area contributed by atoms with Crippen LogP contribution < -0.4 is 15.6 Å². The summed E-state index contributed by atoms with van der Waals surface area (Å²) < 4.78 is 12.1. The molecule has 34 heavy (non-hydrogen) atoms. The van der Waals surface area contributed by atoms with Gasteiger partial charge in [-0.05, 0) is 24.3 Å². The molecule has 0 saturated heterocycles. The van der Waals surface area contributed by atoms with Crippen molar-refractivity contribution in [2.45, 2.75) is 26.4 Å². The number of rotatable bonds is 8. The van der Waals surface area contributed by atoms with Crippen LogP contribution in [0, 0.1) is 0 Å². The largest absolute Gasteiger partial charge is 0.484 e. The molecule has 2 aromatic heterocycles. The molecule has 0 aliphatic carbocycles. The van der Waals surface area contributed by atoms with Gasteiger partial charge in [0.15, 0.2) is 6.61 Å². The zero-order valence-corrected chi connectivity index (χ0v) is 19.4. The lowest BCUT2D eigenvalue weighted by atomic mass is 10.2. The molecule has 2 aromatic carbocycles. The van der Waals surface area contributed by atoms with Gasteiger partial charge < -0.3 is 14.8 Å². The van der Waals surface area contributed by atoms with Crippen LogP contribution in [0.3, 0.4) is 0 Å². The second-order valence-corrected chi connectivity index (χ2v) is 8.63. The Morgan fingerprint density at radius 1 is 1.09 bits per heavy atom. The topological polar surface area (TPSA) is 112 Å². The van der Waals surface area contributed by atoms with Crippen molar-refractivity contribution in [1.29, 1.82) is 0 Å². The van der Waals surface area contributed by atoms with Gasteiger partial charge in [0, 0.05) is 12.0 Å². The van der Waals surface area contributed by atoms with Crippen molar-refractivity contribution in [2.75, 3.05) is 11.9 Å². The smallest absolute Gasteiger partial charge is 0.340 e. The van der Waals surface area contributed by atoms with Crippen molar-refractivity contribution in [3.05, 3.63) is 87.3 Å². The Hall–Kier alpha value is -4.05. The molecule has 0 spiro atoms. The monoisotopic (exact) mass is 478 g/mol. The van der Waals surface area contributed by atoms with E-state index in [1.165, 1.54) is 21.9 Å². The summed E-state index contributed by atoms with van der Waals surface area (Å²) in [5.74, 6) is -0.353. The molecule has 0 saturated carbocycles. The van der Waals surface area contributed by atoms with E-state index in [1.54, 1.807) is 48.5 Å². The first kappa shape index (κ1) is 23.1. The van der Waals surface area contributed by atoms with Gasteiger partial charge in [0.05, 0.1) is 16.9 Å². The Bertz CT molecular complexity index is 1380. The van der Waals surface area contributed by atoms with Gasteiger partial charge in [0.25, 0.3) is 11.5 Å². The van der Waals surface area contributed by atoms with Crippen molar-refractivity contribution < 1.29 is 19.1 Å². The Morgan fingerprint density at radius 2 is 1.82 bits per heavy atom.